The molecule has 2 aromatic heterocycles. The van der Waals surface area contributed by atoms with E-state index in [2.05, 4.69) is 78.0 Å². The van der Waals surface area contributed by atoms with Gasteiger partial charge >= 0.3 is 0 Å². The largest absolute Gasteiger partial charge is 0.351 e. The third-order valence-electron chi connectivity index (χ3n) is 3.15. The van der Waals surface area contributed by atoms with Gasteiger partial charge in [0.1, 0.15) is 11.7 Å². The standard InChI is InChI=1S/C15H15N2S/c1-16-11-5-6-12(16)9-10-15-17(2)13-7-3-4-8-14(13)18-15/h3-11H,1-2H3/q+1. The second kappa shape index (κ2) is 4.42. The Morgan fingerprint density at radius 1 is 1.11 bits per heavy atom. The van der Waals surface area contributed by atoms with E-state index in [-0.39, 0.29) is 0 Å². The average Bonchev–Trinajstić information content (AvgIpc) is 2.92. The zero-order valence-corrected chi connectivity index (χ0v) is 11.3. The van der Waals surface area contributed by atoms with Crippen molar-refractivity contribution in [3.63, 3.8) is 0 Å². The Morgan fingerprint density at radius 2 is 1.94 bits per heavy atom. The molecule has 0 aliphatic rings. The Balaban J connectivity index is 2.03. The fourth-order valence-electron chi connectivity index (χ4n) is 2.07. The van der Waals surface area contributed by atoms with E-state index in [1.807, 2.05) is 11.3 Å². The molecule has 0 aliphatic carbocycles. The van der Waals surface area contributed by atoms with Gasteiger partial charge in [-0.25, -0.2) is 0 Å². The highest BCUT2D eigenvalue weighted by Gasteiger charge is 2.13. The minimum atomic E-state index is 1.22. The Morgan fingerprint density at radius 3 is 2.67 bits per heavy atom. The molecule has 3 heteroatoms. The van der Waals surface area contributed by atoms with Gasteiger partial charge in [0.25, 0.3) is 5.01 Å². The first-order valence-electron chi connectivity index (χ1n) is 5.93. The number of thiazole rings is 1. The van der Waals surface area contributed by atoms with Gasteiger partial charge in [0, 0.05) is 31.1 Å². The summed E-state index contributed by atoms with van der Waals surface area (Å²) in [5, 5.41) is 1.26. The van der Waals surface area contributed by atoms with Crippen LogP contribution in [-0.2, 0) is 14.1 Å². The minimum absolute atomic E-state index is 1.22. The van der Waals surface area contributed by atoms with Gasteiger partial charge < -0.3 is 4.57 Å². The summed E-state index contributed by atoms with van der Waals surface area (Å²) in [6.45, 7) is 0. The van der Waals surface area contributed by atoms with Crippen molar-refractivity contribution < 1.29 is 4.57 Å². The van der Waals surface area contributed by atoms with E-state index in [1.165, 1.54) is 20.9 Å². The van der Waals surface area contributed by atoms with Crippen molar-refractivity contribution in [2.24, 2.45) is 14.1 Å². The molecule has 0 spiro atoms. The molecule has 18 heavy (non-hydrogen) atoms. The summed E-state index contributed by atoms with van der Waals surface area (Å²) in [7, 11) is 4.17. The molecule has 0 fully saturated rings. The zero-order valence-electron chi connectivity index (χ0n) is 10.5. The Bertz CT molecular complexity index is 719. The maximum atomic E-state index is 2.24. The Labute approximate surface area is 110 Å². The van der Waals surface area contributed by atoms with Crippen LogP contribution in [-0.4, -0.2) is 4.57 Å². The van der Waals surface area contributed by atoms with Crippen molar-refractivity contribution in [1.29, 1.82) is 0 Å². The van der Waals surface area contributed by atoms with Gasteiger partial charge in [0.15, 0.2) is 0 Å². The molecule has 3 rings (SSSR count). The van der Waals surface area contributed by atoms with Crippen molar-refractivity contribution in [2.45, 2.75) is 0 Å². The number of aryl methyl sites for hydroxylation is 2. The highest BCUT2D eigenvalue weighted by Crippen LogP contribution is 2.21. The van der Waals surface area contributed by atoms with Crippen LogP contribution in [0.2, 0.25) is 0 Å². The number of hydrogen-bond donors (Lipinski definition) is 0. The maximum absolute atomic E-state index is 2.24. The summed E-state index contributed by atoms with van der Waals surface area (Å²) in [6.07, 6.45) is 6.40. The molecule has 2 nitrogen and oxygen atoms in total. The molecule has 0 N–H and O–H groups in total. The molecule has 0 amide bonds. The summed E-state index contributed by atoms with van der Waals surface area (Å²) in [6, 6.07) is 12.7. The van der Waals surface area contributed by atoms with E-state index in [0.29, 0.717) is 0 Å². The van der Waals surface area contributed by atoms with Crippen LogP contribution >= 0.6 is 11.3 Å². The van der Waals surface area contributed by atoms with Crippen molar-refractivity contribution in [3.8, 4) is 0 Å². The van der Waals surface area contributed by atoms with Gasteiger partial charge in [-0.2, -0.15) is 4.57 Å². The monoisotopic (exact) mass is 255 g/mol. The van der Waals surface area contributed by atoms with Crippen LogP contribution in [0.3, 0.4) is 0 Å². The van der Waals surface area contributed by atoms with Crippen molar-refractivity contribution >= 4 is 33.7 Å². The summed E-state index contributed by atoms with van der Waals surface area (Å²) < 4.78 is 5.68. The molecule has 2 heterocycles. The summed E-state index contributed by atoms with van der Waals surface area (Å²) >= 11 is 1.82. The van der Waals surface area contributed by atoms with E-state index in [1.54, 1.807) is 0 Å². The molecule has 90 valence electrons. The van der Waals surface area contributed by atoms with Crippen LogP contribution in [0.1, 0.15) is 10.7 Å². The van der Waals surface area contributed by atoms with Gasteiger partial charge in [-0.1, -0.05) is 23.5 Å². The molecule has 3 aromatic rings. The first-order chi connectivity index (χ1) is 8.75. The number of benzene rings is 1. The second-order valence-electron chi connectivity index (χ2n) is 4.34. The van der Waals surface area contributed by atoms with Gasteiger partial charge in [-0.05, 0) is 24.3 Å². The van der Waals surface area contributed by atoms with E-state index in [9.17, 15) is 0 Å². The van der Waals surface area contributed by atoms with E-state index < -0.39 is 0 Å². The van der Waals surface area contributed by atoms with Crippen LogP contribution in [0.4, 0.5) is 0 Å². The predicted octanol–water partition coefficient (Wildman–Crippen LogP) is 3.23. The van der Waals surface area contributed by atoms with Gasteiger partial charge in [0.2, 0.25) is 5.52 Å². The lowest BCUT2D eigenvalue weighted by atomic mass is 10.3. The lowest BCUT2D eigenvalue weighted by Crippen LogP contribution is -2.28. The van der Waals surface area contributed by atoms with E-state index in [4.69, 9.17) is 0 Å². The van der Waals surface area contributed by atoms with Crippen molar-refractivity contribution in [2.75, 3.05) is 0 Å². The summed E-state index contributed by atoms with van der Waals surface area (Å²) in [5.41, 5.74) is 2.50. The number of fused-ring (bicyclic) bond motifs is 1. The fraction of sp³-hybridized carbons (Fsp3) is 0.133. The Kier molecular flexibility index (Phi) is 2.76. The first-order valence-corrected chi connectivity index (χ1v) is 6.74. The van der Waals surface area contributed by atoms with Gasteiger partial charge in [-0.3, -0.25) is 0 Å². The smallest absolute Gasteiger partial charge is 0.262 e. The number of rotatable bonds is 2. The third-order valence-corrected chi connectivity index (χ3v) is 4.34. The lowest BCUT2D eigenvalue weighted by Gasteiger charge is -1.93. The van der Waals surface area contributed by atoms with Gasteiger partial charge in [0.05, 0.1) is 0 Å². The highest BCUT2D eigenvalue weighted by atomic mass is 32.1. The average molecular weight is 255 g/mol. The van der Waals surface area contributed by atoms with Crippen LogP contribution in [0, 0.1) is 0 Å². The molecule has 0 unspecified atom stereocenters. The van der Waals surface area contributed by atoms with Crippen LogP contribution in [0.15, 0.2) is 42.6 Å². The zero-order chi connectivity index (χ0) is 12.5. The quantitative estimate of drug-likeness (QED) is 0.622. The van der Waals surface area contributed by atoms with Crippen LogP contribution in [0.5, 0.6) is 0 Å². The fourth-order valence-corrected chi connectivity index (χ4v) is 3.12. The molecule has 1 aromatic carbocycles. The normalized spacial score (nSPS) is 11.7. The number of aromatic nitrogens is 2. The molecule has 0 bridgehead atoms. The number of nitrogens with zero attached hydrogens (tertiary/aromatic N) is 2. The van der Waals surface area contributed by atoms with Crippen molar-refractivity contribution in [3.05, 3.63) is 53.3 Å². The van der Waals surface area contributed by atoms with Crippen LogP contribution < -0.4 is 4.57 Å². The third kappa shape index (κ3) is 1.87. The molecular weight excluding hydrogens is 240 g/mol. The SMILES string of the molecule is Cn1cccc1/C=C/c1sc2ccccc2[n+]1C. The van der Waals surface area contributed by atoms with Crippen molar-refractivity contribution in [1.82, 2.24) is 4.57 Å². The number of hydrogen-bond acceptors (Lipinski definition) is 1. The van der Waals surface area contributed by atoms with E-state index in [0.717, 1.165) is 0 Å². The first kappa shape index (κ1) is 11.2. The molecule has 0 saturated carbocycles. The Hall–Kier alpha value is -1.87. The second-order valence-corrected chi connectivity index (χ2v) is 5.41. The molecule has 0 aliphatic heterocycles. The molecular formula is C15H15N2S+. The van der Waals surface area contributed by atoms with Crippen LogP contribution in [0.25, 0.3) is 22.4 Å². The maximum Gasteiger partial charge on any atom is 0.262 e. The topological polar surface area (TPSA) is 8.81 Å². The minimum Gasteiger partial charge on any atom is -0.351 e. The molecule has 0 atom stereocenters. The molecule has 0 radical (unpaired) electrons. The van der Waals surface area contributed by atoms with Gasteiger partial charge in [-0.15, -0.1) is 0 Å². The van der Waals surface area contributed by atoms with E-state index >= 15 is 0 Å². The highest BCUT2D eigenvalue weighted by molar-refractivity contribution is 7.18. The molecule has 0 saturated heterocycles. The predicted molar refractivity (Wildman–Crippen MR) is 77.3 cm³/mol. The number of para-hydroxylation sites is 1. The summed E-state index contributed by atoms with van der Waals surface area (Å²) in [4.78, 5) is 0. The lowest BCUT2D eigenvalue weighted by molar-refractivity contribution is -0.642. The summed E-state index contributed by atoms with van der Waals surface area (Å²) in [5.74, 6) is 0.